The fourth-order valence-corrected chi connectivity index (χ4v) is 6.63. The smallest absolute Gasteiger partial charge is 0.234 e. The van der Waals surface area contributed by atoms with Gasteiger partial charge in [-0.1, -0.05) is 17.7 Å². The van der Waals surface area contributed by atoms with Gasteiger partial charge < -0.3 is 15.0 Å². The lowest BCUT2D eigenvalue weighted by Crippen LogP contribution is -2.58. The number of piperidine rings is 1. The van der Waals surface area contributed by atoms with Gasteiger partial charge in [-0.05, 0) is 38.8 Å². The van der Waals surface area contributed by atoms with Crippen LogP contribution in [0.5, 0.6) is 5.75 Å². The van der Waals surface area contributed by atoms with Gasteiger partial charge in [-0.2, -0.15) is 0 Å². The molecule has 3 heterocycles. The predicted octanol–water partition coefficient (Wildman–Crippen LogP) is 0.874. The lowest BCUT2D eigenvalue weighted by Gasteiger charge is -2.43. The van der Waals surface area contributed by atoms with E-state index in [1.54, 1.807) is 6.92 Å². The van der Waals surface area contributed by atoms with Crippen molar-refractivity contribution in [3.8, 4) is 5.75 Å². The molecule has 170 valence electrons. The summed E-state index contributed by atoms with van der Waals surface area (Å²) < 4.78 is 29.8. The molecule has 0 aromatic heterocycles. The van der Waals surface area contributed by atoms with E-state index in [1.165, 1.54) is 0 Å². The van der Waals surface area contributed by atoms with Gasteiger partial charge in [0.15, 0.2) is 9.84 Å². The molecule has 9 heteroatoms. The molecule has 4 rings (SSSR count). The Labute approximate surface area is 183 Å². The number of carbonyl (C=O) groups excluding carboxylic acids is 2. The second kappa shape index (κ2) is 8.43. The highest BCUT2D eigenvalue weighted by Gasteiger charge is 2.42. The molecule has 2 fully saturated rings. The van der Waals surface area contributed by atoms with Gasteiger partial charge in [0.05, 0.1) is 24.6 Å². The van der Waals surface area contributed by atoms with Crippen molar-refractivity contribution in [2.75, 3.05) is 37.7 Å². The summed E-state index contributed by atoms with van der Waals surface area (Å²) in [5.41, 5.74) is 1.56. The standard InChI is InChI=1S/C22H31N3O5S/c1-16-4-5-20-18(10-16)11-25(17(2)26)15-22(30-20)7-3-8-24(14-22)12-21(27)23-19-6-9-31(28,29)13-19/h4-5,10,19H,3,6-9,11-15H2,1-2H3,(H,23,27). The van der Waals surface area contributed by atoms with Crippen molar-refractivity contribution in [1.82, 2.24) is 15.1 Å². The summed E-state index contributed by atoms with van der Waals surface area (Å²) in [7, 11) is -3.03. The largest absolute Gasteiger partial charge is 0.484 e. The van der Waals surface area contributed by atoms with Crippen molar-refractivity contribution in [1.29, 1.82) is 0 Å². The molecule has 0 saturated carbocycles. The third-order valence-corrected chi connectivity index (χ3v) is 8.18. The maximum Gasteiger partial charge on any atom is 0.234 e. The number of nitrogens with one attached hydrogen (secondary N) is 1. The first-order valence-electron chi connectivity index (χ1n) is 10.9. The zero-order valence-corrected chi connectivity index (χ0v) is 19.0. The van der Waals surface area contributed by atoms with Crippen molar-refractivity contribution < 1.29 is 22.7 Å². The maximum absolute atomic E-state index is 12.6. The monoisotopic (exact) mass is 449 g/mol. The zero-order valence-electron chi connectivity index (χ0n) is 18.2. The molecule has 1 aromatic carbocycles. The topological polar surface area (TPSA) is 96.0 Å². The number of amides is 2. The number of likely N-dealkylation sites (tertiary alicyclic amines) is 1. The summed E-state index contributed by atoms with van der Waals surface area (Å²) in [5.74, 6) is 0.812. The van der Waals surface area contributed by atoms with E-state index in [1.807, 2.05) is 24.0 Å². The number of ether oxygens (including phenoxy) is 1. The highest BCUT2D eigenvalue weighted by atomic mass is 32.2. The first kappa shape index (κ1) is 22.1. The molecular formula is C22H31N3O5S. The lowest BCUT2D eigenvalue weighted by atomic mass is 9.91. The molecule has 0 radical (unpaired) electrons. The van der Waals surface area contributed by atoms with Crippen LogP contribution in [0, 0.1) is 6.92 Å². The minimum atomic E-state index is -3.03. The van der Waals surface area contributed by atoms with Crippen molar-refractivity contribution in [2.45, 2.75) is 51.3 Å². The quantitative estimate of drug-likeness (QED) is 0.736. The summed E-state index contributed by atoms with van der Waals surface area (Å²) in [6.45, 7) is 6.11. The molecule has 1 spiro atoms. The molecule has 2 amide bonds. The van der Waals surface area contributed by atoms with E-state index in [-0.39, 0.29) is 35.9 Å². The first-order valence-corrected chi connectivity index (χ1v) is 12.7. The average molecular weight is 450 g/mol. The Morgan fingerprint density at radius 1 is 1.29 bits per heavy atom. The van der Waals surface area contributed by atoms with E-state index < -0.39 is 15.4 Å². The van der Waals surface area contributed by atoms with Crippen molar-refractivity contribution >= 4 is 21.7 Å². The normalized spacial score (nSPS) is 27.9. The third kappa shape index (κ3) is 5.20. The van der Waals surface area contributed by atoms with Crippen molar-refractivity contribution in [2.24, 2.45) is 0 Å². The van der Waals surface area contributed by atoms with Crippen molar-refractivity contribution in [3.05, 3.63) is 29.3 Å². The molecule has 8 nitrogen and oxygen atoms in total. The van der Waals surface area contributed by atoms with Crippen molar-refractivity contribution in [3.63, 3.8) is 0 Å². The van der Waals surface area contributed by atoms with E-state index in [4.69, 9.17) is 4.74 Å². The Morgan fingerprint density at radius 2 is 2.10 bits per heavy atom. The van der Waals surface area contributed by atoms with Crippen LogP contribution < -0.4 is 10.1 Å². The SMILES string of the molecule is CC(=O)N1Cc2cc(C)ccc2OC2(CCCN(CC(=O)NC3CCS(=O)(=O)C3)C2)C1. The Morgan fingerprint density at radius 3 is 2.81 bits per heavy atom. The third-order valence-electron chi connectivity index (χ3n) is 6.41. The highest BCUT2D eigenvalue weighted by molar-refractivity contribution is 7.91. The maximum atomic E-state index is 12.6. The van der Waals surface area contributed by atoms with Gasteiger partial charge in [-0.15, -0.1) is 0 Å². The van der Waals surface area contributed by atoms with Gasteiger partial charge in [-0.3, -0.25) is 14.5 Å². The van der Waals surface area contributed by atoms with Gasteiger partial charge in [-0.25, -0.2) is 8.42 Å². The van der Waals surface area contributed by atoms with Crippen LogP contribution in [0.4, 0.5) is 0 Å². The zero-order chi connectivity index (χ0) is 22.2. The van der Waals surface area contributed by atoms with Crippen LogP contribution in [0.2, 0.25) is 0 Å². The van der Waals surface area contributed by atoms with Gasteiger partial charge in [0.2, 0.25) is 11.8 Å². The molecule has 2 saturated heterocycles. The molecule has 0 aliphatic carbocycles. The number of aryl methyl sites for hydroxylation is 1. The molecule has 2 atom stereocenters. The summed E-state index contributed by atoms with van der Waals surface area (Å²) in [5, 5.41) is 2.87. The molecule has 0 bridgehead atoms. The Hall–Kier alpha value is -2.13. The fourth-order valence-electron chi connectivity index (χ4n) is 4.95. The molecule has 2 unspecified atom stereocenters. The van der Waals surface area contributed by atoms with Crippen LogP contribution >= 0.6 is 0 Å². The fraction of sp³-hybridized carbons (Fsp3) is 0.636. The van der Waals surface area contributed by atoms with E-state index in [2.05, 4.69) is 16.3 Å². The second-order valence-corrected chi connectivity index (χ2v) is 11.5. The number of nitrogens with zero attached hydrogens (tertiary/aromatic N) is 2. The first-order chi connectivity index (χ1) is 14.6. The van der Waals surface area contributed by atoms with Crippen LogP contribution in [0.15, 0.2) is 18.2 Å². The molecule has 1 aromatic rings. The van der Waals surface area contributed by atoms with Gasteiger partial charge in [0.1, 0.15) is 11.4 Å². The number of rotatable bonds is 3. The average Bonchev–Trinajstić information content (AvgIpc) is 2.93. The summed E-state index contributed by atoms with van der Waals surface area (Å²) >= 11 is 0. The number of fused-ring (bicyclic) bond motifs is 1. The van der Waals surface area contributed by atoms with Crippen LogP contribution in [0.3, 0.4) is 0 Å². The lowest BCUT2D eigenvalue weighted by molar-refractivity contribution is -0.134. The molecule has 1 N–H and O–H groups in total. The van der Waals surface area contributed by atoms with E-state index >= 15 is 0 Å². The summed E-state index contributed by atoms with van der Waals surface area (Å²) in [4.78, 5) is 28.8. The number of benzene rings is 1. The Balaban J connectivity index is 1.47. The van der Waals surface area contributed by atoms with Crippen LogP contribution in [0.1, 0.15) is 37.3 Å². The number of hydrogen-bond acceptors (Lipinski definition) is 6. The number of sulfone groups is 1. The van der Waals surface area contributed by atoms with Gasteiger partial charge in [0.25, 0.3) is 0 Å². The highest BCUT2D eigenvalue weighted by Crippen LogP contribution is 2.35. The summed E-state index contributed by atoms with van der Waals surface area (Å²) in [6, 6.07) is 5.75. The van der Waals surface area contributed by atoms with Crippen LogP contribution in [0.25, 0.3) is 0 Å². The molecule has 3 aliphatic heterocycles. The Bertz CT molecular complexity index is 979. The Kier molecular flexibility index (Phi) is 6.00. The van der Waals surface area contributed by atoms with E-state index in [9.17, 15) is 18.0 Å². The minimum Gasteiger partial charge on any atom is -0.484 e. The molecule has 3 aliphatic rings. The van der Waals surface area contributed by atoms with Gasteiger partial charge >= 0.3 is 0 Å². The molecular weight excluding hydrogens is 418 g/mol. The minimum absolute atomic E-state index is 0.00893. The van der Waals surface area contributed by atoms with E-state index in [0.29, 0.717) is 26.1 Å². The number of hydrogen-bond donors (Lipinski definition) is 1. The second-order valence-electron chi connectivity index (χ2n) is 9.25. The van der Waals surface area contributed by atoms with Crippen LogP contribution in [-0.4, -0.2) is 79.4 Å². The molecule has 31 heavy (non-hydrogen) atoms. The predicted molar refractivity (Wildman–Crippen MR) is 117 cm³/mol. The van der Waals surface area contributed by atoms with Crippen LogP contribution in [-0.2, 0) is 26.0 Å². The summed E-state index contributed by atoms with van der Waals surface area (Å²) in [6.07, 6.45) is 2.14. The van der Waals surface area contributed by atoms with E-state index in [0.717, 1.165) is 36.3 Å². The number of carbonyl (C=O) groups is 2. The van der Waals surface area contributed by atoms with Gasteiger partial charge in [0, 0.05) is 31.6 Å².